The lowest BCUT2D eigenvalue weighted by molar-refractivity contribution is 0.313. The summed E-state index contributed by atoms with van der Waals surface area (Å²) in [5.41, 5.74) is 12.3. The fourth-order valence-electron chi connectivity index (χ4n) is 2.87. The normalized spacial score (nSPS) is 16.4. The van der Waals surface area contributed by atoms with Gasteiger partial charge in [0.1, 0.15) is 0 Å². The Morgan fingerprint density at radius 3 is 2.57 bits per heavy atom. The molecule has 21 heavy (non-hydrogen) atoms. The minimum atomic E-state index is 0.876. The lowest BCUT2D eigenvalue weighted by atomic mass is 10.0. The number of nitrogens with two attached hydrogens (primary N) is 1. The van der Waals surface area contributed by atoms with Crippen LogP contribution >= 0.6 is 11.3 Å². The van der Waals surface area contributed by atoms with Gasteiger partial charge in [-0.2, -0.15) is 11.3 Å². The maximum atomic E-state index is 6.23. The summed E-state index contributed by atoms with van der Waals surface area (Å²) < 4.78 is 0. The van der Waals surface area contributed by atoms with Gasteiger partial charge in [-0.3, -0.25) is 0 Å². The molecule has 0 bridgehead atoms. The fraction of sp³-hybridized carbons (Fsp3) is 0.412. The molecule has 1 aromatic heterocycles. The second-order valence-electron chi connectivity index (χ2n) is 5.73. The number of piperazine rings is 1. The summed E-state index contributed by atoms with van der Waals surface area (Å²) in [5, 5.41) is 4.45. The quantitative estimate of drug-likeness (QED) is 0.883. The second kappa shape index (κ2) is 6.08. The monoisotopic (exact) mass is 301 g/mol. The highest BCUT2D eigenvalue weighted by molar-refractivity contribution is 7.08. The zero-order valence-corrected chi connectivity index (χ0v) is 13.6. The van der Waals surface area contributed by atoms with Gasteiger partial charge in [0.25, 0.3) is 0 Å². The summed E-state index contributed by atoms with van der Waals surface area (Å²) in [6.45, 7) is 6.62. The van der Waals surface area contributed by atoms with Gasteiger partial charge >= 0.3 is 0 Å². The molecule has 112 valence electrons. The summed E-state index contributed by atoms with van der Waals surface area (Å²) in [5.74, 6) is 0. The molecule has 1 saturated heterocycles. The Bertz CT molecular complexity index is 612. The van der Waals surface area contributed by atoms with Crippen LogP contribution in [0.2, 0.25) is 0 Å². The van der Waals surface area contributed by atoms with Gasteiger partial charge < -0.3 is 15.5 Å². The third-order valence-corrected chi connectivity index (χ3v) is 5.11. The van der Waals surface area contributed by atoms with Crippen molar-refractivity contribution in [2.24, 2.45) is 0 Å². The highest BCUT2D eigenvalue weighted by atomic mass is 32.1. The summed E-state index contributed by atoms with van der Waals surface area (Å²) in [4.78, 5) is 4.84. The Hall–Kier alpha value is -1.52. The largest absolute Gasteiger partial charge is 0.398 e. The molecule has 0 radical (unpaired) electrons. The van der Waals surface area contributed by atoms with Crippen molar-refractivity contribution in [1.29, 1.82) is 0 Å². The third-order valence-electron chi connectivity index (χ3n) is 4.32. The van der Waals surface area contributed by atoms with Crippen LogP contribution in [0.4, 0.5) is 11.4 Å². The third kappa shape index (κ3) is 2.92. The van der Waals surface area contributed by atoms with Gasteiger partial charge in [-0.05, 0) is 53.6 Å². The van der Waals surface area contributed by atoms with E-state index >= 15 is 0 Å². The van der Waals surface area contributed by atoms with E-state index in [1.165, 1.54) is 22.4 Å². The van der Waals surface area contributed by atoms with Crippen LogP contribution < -0.4 is 10.6 Å². The number of hydrogen-bond acceptors (Lipinski definition) is 4. The van der Waals surface area contributed by atoms with Crippen LogP contribution in [0.25, 0.3) is 11.1 Å². The zero-order valence-electron chi connectivity index (χ0n) is 12.8. The van der Waals surface area contributed by atoms with E-state index < -0.39 is 0 Å². The number of benzene rings is 1. The SMILES string of the molecule is CCc1cscc1-c1cc(N2CCN(C)CC2)ccc1N. The molecule has 2 aromatic rings. The van der Waals surface area contributed by atoms with E-state index in [9.17, 15) is 0 Å². The van der Waals surface area contributed by atoms with Gasteiger partial charge in [-0.25, -0.2) is 0 Å². The van der Waals surface area contributed by atoms with Crippen LogP contribution in [0.5, 0.6) is 0 Å². The first-order chi connectivity index (χ1) is 10.2. The van der Waals surface area contributed by atoms with Crippen molar-refractivity contribution in [3.63, 3.8) is 0 Å². The molecular weight excluding hydrogens is 278 g/mol. The molecule has 1 aliphatic heterocycles. The first-order valence-corrected chi connectivity index (χ1v) is 8.51. The summed E-state index contributed by atoms with van der Waals surface area (Å²) in [7, 11) is 2.19. The van der Waals surface area contributed by atoms with Gasteiger partial charge in [0.05, 0.1) is 0 Å². The standard InChI is InChI=1S/C17H23N3S/c1-3-13-11-21-12-16(13)15-10-14(4-5-17(15)18)20-8-6-19(2)7-9-20/h4-5,10-12H,3,6-9,18H2,1-2H3. The van der Waals surface area contributed by atoms with Crippen molar-refractivity contribution < 1.29 is 0 Å². The average molecular weight is 301 g/mol. The van der Waals surface area contributed by atoms with Crippen LogP contribution in [0, 0.1) is 0 Å². The predicted octanol–water partition coefficient (Wildman–Crippen LogP) is 3.31. The van der Waals surface area contributed by atoms with Crippen LogP contribution in [0.1, 0.15) is 12.5 Å². The number of nitrogen functional groups attached to an aromatic ring is 1. The van der Waals surface area contributed by atoms with Gasteiger partial charge in [0.2, 0.25) is 0 Å². The maximum absolute atomic E-state index is 6.23. The average Bonchev–Trinajstić information content (AvgIpc) is 2.97. The second-order valence-corrected chi connectivity index (χ2v) is 6.47. The van der Waals surface area contributed by atoms with Crippen molar-refractivity contribution >= 4 is 22.7 Å². The van der Waals surface area contributed by atoms with Gasteiger partial charge in [0.15, 0.2) is 0 Å². The molecule has 0 saturated carbocycles. The molecule has 3 rings (SSSR count). The molecule has 0 amide bonds. The fourth-order valence-corrected chi connectivity index (χ4v) is 3.81. The molecule has 2 heterocycles. The van der Waals surface area contributed by atoms with Crippen molar-refractivity contribution in [2.45, 2.75) is 13.3 Å². The van der Waals surface area contributed by atoms with E-state index in [-0.39, 0.29) is 0 Å². The molecule has 1 fully saturated rings. The molecule has 1 aromatic carbocycles. The lowest BCUT2D eigenvalue weighted by Crippen LogP contribution is -2.44. The highest BCUT2D eigenvalue weighted by Gasteiger charge is 2.16. The van der Waals surface area contributed by atoms with E-state index in [1.807, 2.05) is 0 Å². The number of thiophene rings is 1. The summed E-state index contributed by atoms with van der Waals surface area (Å²) >= 11 is 1.76. The first-order valence-electron chi connectivity index (χ1n) is 7.57. The van der Waals surface area contributed by atoms with Crippen molar-refractivity contribution in [3.05, 3.63) is 34.5 Å². The first kappa shape index (κ1) is 14.4. The van der Waals surface area contributed by atoms with Crippen LogP contribution in [0.15, 0.2) is 29.0 Å². The Balaban J connectivity index is 1.93. The number of aryl methyl sites for hydroxylation is 1. The van der Waals surface area contributed by atoms with E-state index in [0.29, 0.717) is 0 Å². The Kier molecular flexibility index (Phi) is 4.17. The van der Waals surface area contributed by atoms with E-state index in [2.05, 4.69) is 52.7 Å². The number of nitrogens with zero attached hydrogens (tertiary/aromatic N) is 2. The van der Waals surface area contributed by atoms with E-state index in [4.69, 9.17) is 5.73 Å². The molecular formula is C17H23N3S. The van der Waals surface area contributed by atoms with Crippen LogP contribution in [-0.2, 0) is 6.42 Å². The number of likely N-dealkylation sites (N-methyl/N-ethyl adjacent to an activating group) is 1. The molecule has 0 atom stereocenters. The molecule has 1 aliphatic rings. The molecule has 0 spiro atoms. The van der Waals surface area contributed by atoms with Crippen molar-refractivity contribution in [3.8, 4) is 11.1 Å². The highest BCUT2D eigenvalue weighted by Crippen LogP contribution is 2.35. The number of anilines is 2. The van der Waals surface area contributed by atoms with Crippen molar-refractivity contribution in [2.75, 3.05) is 43.9 Å². The smallest absolute Gasteiger partial charge is 0.0395 e. The Morgan fingerprint density at radius 1 is 1.10 bits per heavy atom. The minimum Gasteiger partial charge on any atom is -0.398 e. The van der Waals surface area contributed by atoms with Gasteiger partial charge in [-0.15, -0.1) is 0 Å². The number of hydrogen-bond donors (Lipinski definition) is 1. The number of rotatable bonds is 3. The molecule has 3 nitrogen and oxygen atoms in total. The van der Waals surface area contributed by atoms with Crippen molar-refractivity contribution in [1.82, 2.24) is 4.90 Å². The molecule has 0 unspecified atom stereocenters. The molecule has 4 heteroatoms. The van der Waals surface area contributed by atoms with Gasteiger partial charge in [-0.1, -0.05) is 6.92 Å². The minimum absolute atomic E-state index is 0.876. The van der Waals surface area contributed by atoms with E-state index in [0.717, 1.165) is 38.3 Å². The molecule has 2 N–H and O–H groups in total. The van der Waals surface area contributed by atoms with Gasteiger partial charge in [0, 0.05) is 43.1 Å². The summed E-state index contributed by atoms with van der Waals surface area (Å²) in [6, 6.07) is 6.48. The summed E-state index contributed by atoms with van der Waals surface area (Å²) in [6.07, 6.45) is 1.05. The van der Waals surface area contributed by atoms with E-state index in [1.54, 1.807) is 11.3 Å². The Morgan fingerprint density at radius 2 is 1.86 bits per heavy atom. The topological polar surface area (TPSA) is 32.5 Å². The zero-order chi connectivity index (χ0) is 14.8. The lowest BCUT2D eigenvalue weighted by Gasteiger charge is -2.34. The Labute approximate surface area is 131 Å². The molecule has 0 aliphatic carbocycles. The predicted molar refractivity (Wildman–Crippen MR) is 93.3 cm³/mol. The van der Waals surface area contributed by atoms with Crippen LogP contribution in [0.3, 0.4) is 0 Å². The van der Waals surface area contributed by atoms with Crippen LogP contribution in [-0.4, -0.2) is 38.1 Å². The maximum Gasteiger partial charge on any atom is 0.0395 e.